The number of phenols is 1. The van der Waals surface area contributed by atoms with E-state index in [1.807, 2.05) is 6.26 Å². The van der Waals surface area contributed by atoms with Crippen LogP contribution in [-0.4, -0.2) is 64.7 Å². The van der Waals surface area contributed by atoms with E-state index in [1.54, 1.807) is 62.6 Å². The summed E-state index contributed by atoms with van der Waals surface area (Å²) in [6.07, 6.45) is 9.67. The molecule has 0 heterocycles. The number of aromatic hydroxyl groups is 1. The van der Waals surface area contributed by atoms with E-state index in [-0.39, 0.29) is 17.6 Å². The SMILES string of the molecule is CCCCCCCCN(C(=O)C(CCSC)NC(=O)OC(C)(C)C)C(C(=O)NCCCC)c1ccc(O)c(C)c1. The van der Waals surface area contributed by atoms with Crippen LogP contribution in [0.2, 0.25) is 0 Å². The van der Waals surface area contributed by atoms with Crippen molar-refractivity contribution in [1.82, 2.24) is 15.5 Å². The van der Waals surface area contributed by atoms with Crippen LogP contribution >= 0.6 is 11.8 Å². The fraction of sp³-hybridized carbons (Fsp3) is 0.710. The van der Waals surface area contributed by atoms with Gasteiger partial charge in [0.1, 0.15) is 23.4 Å². The summed E-state index contributed by atoms with van der Waals surface area (Å²) in [7, 11) is 0. The van der Waals surface area contributed by atoms with E-state index in [1.165, 1.54) is 6.42 Å². The van der Waals surface area contributed by atoms with Crippen LogP contribution in [0.3, 0.4) is 0 Å². The summed E-state index contributed by atoms with van der Waals surface area (Å²) in [6.45, 7) is 12.2. The first-order chi connectivity index (χ1) is 18.9. The average Bonchev–Trinajstić information content (AvgIpc) is 2.88. The molecule has 0 saturated heterocycles. The fourth-order valence-electron chi connectivity index (χ4n) is 4.38. The zero-order valence-electron chi connectivity index (χ0n) is 25.8. The molecule has 0 bridgehead atoms. The predicted octanol–water partition coefficient (Wildman–Crippen LogP) is 6.49. The third-order valence-electron chi connectivity index (χ3n) is 6.56. The Morgan fingerprint density at radius 2 is 1.68 bits per heavy atom. The Labute approximate surface area is 246 Å². The number of hydrogen-bond donors (Lipinski definition) is 3. The molecule has 3 N–H and O–H groups in total. The summed E-state index contributed by atoms with van der Waals surface area (Å²) < 4.78 is 5.47. The second kappa shape index (κ2) is 18.8. The first-order valence-electron chi connectivity index (χ1n) is 14.8. The molecule has 40 heavy (non-hydrogen) atoms. The van der Waals surface area contributed by atoms with Crippen molar-refractivity contribution < 1.29 is 24.2 Å². The minimum Gasteiger partial charge on any atom is -0.508 e. The summed E-state index contributed by atoms with van der Waals surface area (Å²) in [5.74, 6) is 0.212. The monoisotopic (exact) mass is 579 g/mol. The number of benzene rings is 1. The van der Waals surface area contributed by atoms with Crippen molar-refractivity contribution in [3.05, 3.63) is 29.3 Å². The molecule has 2 atom stereocenters. The minimum atomic E-state index is -0.892. The van der Waals surface area contributed by atoms with Crippen LogP contribution in [0.1, 0.15) is 110 Å². The van der Waals surface area contributed by atoms with Crippen molar-refractivity contribution in [3.8, 4) is 5.75 Å². The number of carbonyl (C=O) groups is 3. The van der Waals surface area contributed by atoms with Crippen LogP contribution in [0, 0.1) is 6.92 Å². The Morgan fingerprint density at radius 3 is 2.27 bits per heavy atom. The third-order valence-corrected chi connectivity index (χ3v) is 7.21. The lowest BCUT2D eigenvalue weighted by Crippen LogP contribution is -2.53. The first-order valence-corrected chi connectivity index (χ1v) is 16.2. The summed E-state index contributed by atoms with van der Waals surface area (Å²) in [5, 5.41) is 16.0. The number of nitrogens with zero attached hydrogens (tertiary/aromatic N) is 1. The molecule has 1 rings (SSSR count). The van der Waals surface area contributed by atoms with Gasteiger partial charge < -0.3 is 25.4 Å². The standard InChI is InChI=1S/C31H53N3O5S/c1-8-10-12-13-14-15-20-34(29(37)25(18-21-40-7)33-30(38)39-31(4,5)6)27(28(36)32-19-11-9-2)24-16-17-26(35)23(3)22-24/h16-17,22,25,27,35H,8-15,18-21H2,1-7H3,(H,32,36)(H,33,38). The molecule has 0 aliphatic carbocycles. The first kappa shape index (κ1) is 35.6. The number of thioether (sulfide) groups is 1. The quantitative estimate of drug-likeness (QED) is 0.172. The Balaban J connectivity index is 3.44. The van der Waals surface area contributed by atoms with Crippen LogP contribution in [0.15, 0.2) is 18.2 Å². The molecular formula is C31H53N3O5S. The maximum Gasteiger partial charge on any atom is 0.408 e. The molecule has 1 aromatic carbocycles. The van der Waals surface area contributed by atoms with E-state index in [4.69, 9.17) is 4.74 Å². The van der Waals surface area contributed by atoms with Crippen molar-refractivity contribution in [1.29, 1.82) is 0 Å². The zero-order valence-corrected chi connectivity index (χ0v) is 26.6. The molecule has 0 aliphatic heterocycles. The molecule has 3 amide bonds. The van der Waals surface area contributed by atoms with Gasteiger partial charge >= 0.3 is 6.09 Å². The number of phenolic OH excluding ortho intramolecular Hbond substituents is 1. The van der Waals surface area contributed by atoms with Crippen LogP contribution in [0.4, 0.5) is 4.79 Å². The third kappa shape index (κ3) is 13.3. The second-order valence-corrected chi connectivity index (χ2v) is 12.4. The molecular weight excluding hydrogens is 526 g/mol. The summed E-state index contributed by atoms with van der Waals surface area (Å²) in [5.41, 5.74) is 0.548. The van der Waals surface area contributed by atoms with E-state index in [2.05, 4.69) is 24.5 Å². The number of ether oxygens (including phenoxy) is 1. The number of aryl methyl sites for hydroxylation is 1. The van der Waals surface area contributed by atoms with Gasteiger partial charge in [0.15, 0.2) is 0 Å². The van der Waals surface area contributed by atoms with Gasteiger partial charge in [-0.05, 0) is 82.2 Å². The zero-order chi connectivity index (χ0) is 30.1. The molecule has 0 saturated carbocycles. The molecule has 0 radical (unpaired) electrons. The highest BCUT2D eigenvalue weighted by Crippen LogP contribution is 2.28. The number of carbonyl (C=O) groups excluding carboxylic acids is 3. The molecule has 8 nitrogen and oxygen atoms in total. The molecule has 0 fully saturated rings. The second-order valence-electron chi connectivity index (χ2n) is 11.4. The molecule has 0 aromatic heterocycles. The van der Waals surface area contributed by atoms with Crippen molar-refractivity contribution >= 4 is 29.7 Å². The van der Waals surface area contributed by atoms with Crippen LogP contribution in [0.5, 0.6) is 5.75 Å². The van der Waals surface area contributed by atoms with Gasteiger partial charge in [-0.2, -0.15) is 11.8 Å². The maximum atomic E-state index is 14.2. The predicted molar refractivity (Wildman–Crippen MR) is 165 cm³/mol. The van der Waals surface area contributed by atoms with E-state index in [0.717, 1.165) is 44.9 Å². The summed E-state index contributed by atoms with van der Waals surface area (Å²) in [4.78, 5) is 42.3. The van der Waals surface area contributed by atoms with Crippen molar-refractivity contribution in [2.45, 2.75) is 117 Å². The van der Waals surface area contributed by atoms with Gasteiger partial charge in [-0.15, -0.1) is 0 Å². The Morgan fingerprint density at radius 1 is 1.02 bits per heavy atom. The average molecular weight is 580 g/mol. The van der Waals surface area contributed by atoms with Gasteiger partial charge in [-0.3, -0.25) is 9.59 Å². The number of rotatable bonds is 18. The molecule has 2 unspecified atom stereocenters. The largest absolute Gasteiger partial charge is 0.508 e. The van der Waals surface area contributed by atoms with Crippen molar-refractivity contribution in [2.75, 3.05) is 25.1 Å². The highest BCUT2D eigenvalue weighted by Gasteiger charge is 2.36. The molecule has 1 aromatic rings. The van der Waals surface area contributed by atoms with E-state index in [0.29, 0.717) is 36.4 Å². The van der Waals surface area contributed by atoms with E-state index < -0.39 is 23.8 Å². The van der Waals surface area contributed by atoms with E-state index >= 15 is 0 Å². The lowest BCUT2D eigenvalue weighted by Gasteiger charge is -2.35. The van der Waals surface area contributed by atoms with Gasteiger partial charge in [-0.25, -0.2) is 4.79 Å². The highest BCUT2D eigenvalue weighted by molar-refractivity contribution is 7.98. The molecule has 0 spiro atoms. The van der Waals surface area contributed by atoms with Crippen molar-refractivity contribution in [2.24, 2.45) is 0 Å². The Bertz CT molecular complexity index is 919. The summed E-state index contributed by atoms with van der Waals surface area (Å²) >= 11 is 1.59. The topological polar surface area (TPSA) is 108 Å². The lowest BCUT2D eigenvalue weighted by molar-refractivity contribution is -0.142. The normalized spacial score (nSPS) is 12.9. The van der Waals surface area contributed by atoms with Gasteiger partial charge in [0, 0.05) is 13.1 Å². The van der Waals surface area contributed by atoms with Crippen LogP contribution in [-0.2, 0) is 14.3 Å². The lowest BCUT2D eigenvalue weighted by atomic mass is 9.99. The molecule has 9 heteroatoms. The molecule has 0 aliphatic rings. The molecule has 228 valence electrons. The van der Waals surface area contributed by atoms with Gasteiger partial charge in [0.2, 0.25) is 11.8 Å². The minimum absolute atomic E-state index is 0.132. The van der Waals surface area contributed by atoms with Gasteiger partial charge in [0.25, 0.3) is 0 Å². The number of amides is 3. The van der Waals surface area contributed by atoms with Gasteiger partial charge in [0.05, 0.1) is 0 Å². The van der Waals surface area contributed by atoms with Gasteiger partial charge in [-0.1, -0.05) is 58.4 Å². The van der Waals surface area contributed by atoms with Crippen molar-refractivity contribution in [3.63, 3.8) is 0 Å². The van der Waals surface area contributed by atoms with E-state index in [9.17, 15) is 19.5 Å². The number of alkyl carbamates (subject to hydrolysis) is 1. The number of hydrogen-bond acceptors (Lipinski definition) is 6. The fourth-order valence-corrected chi connectivity index (χ4v) is 4.85. The highest BCUT2D eigenvalue weighted by atomic mass is 32.2. The Kier molecular flexibility index (Phi) is 16.8. The number of nitrogens with one attached hydrogen (secondary N) is 2. The van der Waals surface area contributed by atoms with Crippen LogP contribution in [0.25, 0.3) is 0 Å². The summed E-state index contributed by atoms with van der Waals surface area (Å²) in [6, 6.07) is 3.29. The van der Waals surface area contributed by atoms with Crippen LogP contribution < -0.4 is 10.6 Å². The maximum absolute atomic E-state index is 14.2. The number of unbranched alkanes of at least 4 members (excludes halogenated alkanes) is 6. The smallest absolute Gasteiger partial charge is 0.408 e. The Hall–Kier alpha value is -2.42.